The van der Waals surface area contributed by atoms with Crippen LogP contribution in [0.2, 0.25) is 0 Å². The van der Waals surface area contributed by atoms with Gasteiger partial charge in [0.25, 0.3) is 0 Å². The summed E-state index contributed by atoms with van der Waals surface area (Å²) >= 11 is 0. The van der Waals surface area contributed by atoms with Crippen molar-refractivity contribution in [3.8, 4) is 5.75 Å². The van der Waals surface area contributed by atoms with Crippen molar-refractivity contribution in [3.63, 3.8) is 0 Å². The number of benzene rings is 2. The second-order valence-corrected chi connectivity index (χ2v) is 7.78. The third-order valence-electron chi connectivity index (χ3n) is 5.50. The number of ether oxygens (including phenoxy) is 2. The monoisotopic (exact) mass is 440 g/mol. The first kappa shape index (κ1) is 24.0. The van der Waals surface area contributed by atoms with Crippen LogP contribution < -0.4 is 15.4 Å². The summed E-state index contributed by atoms with van der Waals surface area (Å²) in [6, 6.07) is 18.1. The molecule has 2 aromatic rings. The Morgan fingerprint density at radius 2 is 1.84 bits per heavy atom. The number of guanidine groups is 1. The first-order valence-corrected chi connectivity index (χ1v) is 11.5. The molecular weight excluding hydrogens is 404 g/mol. The summed E-state index contributed by atoms with van der Waals surface area (Å²) in [7, 11) is 0. The van der Waals surface area contributed by atoms with E-state index in [0.717, 1.165) is 62.2 Å². The molecule has 0 saturated carbocycles. The van der Waals surface area contributed by atoms with Crippen LogP contribution in [0.4, 0.5) is 0 Å². The number of para-hydroxylation sites is 1. The Kier molecular flexibility index (Phi) is 10.3. The molecule has 2 aromatic carbocycles. The molecule has 1 heterocycles. The Bertz CT molecular complexity index is 810. The standard InChI is InChI=1S/C25H36N4O3/c1-2-26-25(28-19-23(20-30)21-8-4-3-5-9-21)27-18-22-10-6-7-11-24(22)32-17-14-29-12-15-31-16-13-29/h3-11,23,30H,2,12-20H2,1H3,(H2,26,27,28). The van der Waals surface area contributed by atoms with Crippen molar-refractivity contribution in [1.82, 2.24) is 15.5 Å². The maximum absolute atomic E-state index is 9.82. The van der Waals surface area contributed by atoms with Crippen LogP contribution in [0.25, 0.3) is 0 Å². The first-order chi connectivity index (χ1) is 15.8. The van der Waals surface area contributed by atoms with Crippen LogP contribution in [0.1, 0.15) is 24.0 Å². The lowest BCUT2D eigenvalue weighted by Gasteiger charge is -2.26. The molecule has 174 valence electrons. The van der Waals surface area contributed by atoms with Gasteiger partial charge in [0.15, 0.2) is 5.96 Å². The number of morpholine rings is 1. The second-order valence-electron chi connectivity index (χ2n) is 7.78. The lowest BCUT2D eigenvalue weighted by atomic mass is 10.0. The highest BCUT2D eigenvalue weighted by molar-refractivity contribution is 5.79. The normalized spacial score (nSPS) is 15.9. The molecule has 1 unspecified atom stereocenters. The molecule has 0 bridgehead atoms. The van der Waals surface area contributed by atoms with E-state index >= 15 is 0 Å². The lowest BCUT2D eigenvalue weighted by Crippen LogP contribution is -2.40. The van der Waals surface area contributed by atoms with Crippen molar-refractivity contribution >= 4 is 5.96 Å². The highest BCUT2D eigenvalue weighted by Crippen LogP contribution is 2.19. The molecule has 3 rings (SSSR count). The summed E-state index contributed by atoms with van der Waals surface area (Å²) in [5.74, 6) is 1.61. The molecule has 1 saturated heterocycles. The van der Waals surface area contributed by atoms with Crippen LogP contribution in [-0.4, -0.2) is 75.1 Å². The minimum Gasteiger partial charge on any atom is -0.492 e. The molecule has 0 aliphatic carbocycles. The van der Waals surface area contributed by atoms with Crippen molar-refractivity contribution in [1.29, 1.82) is 0 Å². The Morgan fingerprint density at radius 1 is 1.09 bits per heavy atom. The van der Waals surface area contributed by atoms with Gasteiger partial charge < -0.3 is 25.2 Å². The number of aliphatic imine (C=N–C) groups is 1. The lowest BCUT2D eigenvalue weighted by molar-refractivity contribution is 0.0322. The fourth-order valence-corrected chi connectivity index (χ4v) is 3.62. The first-order valence-electron chi connectivity index (χ1n) is 11.5. The average molecular weight is 441 g/mol. The summed E-state index contributed by atoms with van der Waals surface area (Å²) in [5.41, 5.74) is 2.16. The van der Waals surface area contributed by atoms with E-state index in [1.54, 1.807) is 0 Å². The number of aliphatic hydroxyl groups is 1. The Morgan fingerprint density at radius 3 is 2.59 bits per heavy atom. The van der Waals surface area contributed by atoms with Gasteiger partial charge in [-0.05, 0) is 18.6 Å². The van der Waals surface area contributed by atoms with E-state index in [1.807, 2.05) is 55.5 Å². The molecule has 1 atom stereocenters. The van der Waals surface area contributed by atoms with Crippen molar-refractivity contribution in [2.75, 3.05) is 59.2 Å². The van der Waals surface area contributed by atoms with E-state index in [4.69, 9.17) is 14.5 Å². The number of hydrogen-bond acceptors (Lipinski definition) is 5. The van der Waals surface area contributed by atoms with E-state index in [1.165, 1.54) is 0 Å². The summed E-state index contributed by atoms with van der Waals surface area (Å²) in [6.07, 6.45) is 0. The van der Waals surface area contributed by atoms with Crippen molar-refractivity contribution in [2.24, 2.45) is 4.99 Å². The fourth-order valence-electron chi connectivity index (χ4n) is 3.62. The summed E-state index contributed by atoms with van der Waals surface area (Å²) in [6.45, 7) is 9.06. The number of aliphatic hydroxyl groups excluding tert-OH is 1. The largest absolute Gasteiger partial charge is 0.492 e. The van der Waals surface area contributed by atoms with Gasteiger partial charge >= 0.3 is 0 Å². The maximum Gasteiger partial charge on any atom is 0.191 e. The predicted octanol–water partition coefficient (Wildman–Crippen LogP) is 2.23. The highest BCUT2D eigenvalue weighted by atomic mass is 16.5. The van der Waals surface area contributed by atoms with Crippen LogP contribution in [0.15, 0.2) is 59.6 Å². The molecule has 1 aliphatic rings. The molecule has 0 aromatic heterocycles. The fraction of sp³-hybridized carbons (Fsp3) is 0.480. The molecule has 32 heavy (non-hydrogen) atoms. The van der Waals surface area contributed by atoms with Crippen molar-refractivity contribution in [2.45, 2.75) is 19.4 Å². The van der Waals surface area contributed by atoms with Crippen LogP contribution in [-0.2, 0) is 11.3 Å². The van der Waals surface area contributed by atoms with Crippen LogP contribution in [0.3, 0.4) is 0 Å². The Hall–Kier alpha value is -2.61. The summed E-state index contributed by atoms with van der Waals surface area (Å²) in [4.78, 5) is 7.11. The zero-order valence-corrected chi connectivity index (χ0v) is 19.0. The molecule has 0 amide bonds. The minimum absolute atomic E-state index is 0.0101. The molecule has 7 nitrogen and oxygen atoms in total. The van der Waals surface area contributed by atoms with Crippen LogP contribution in [0, 0.1) is 0 Å². The third kappa shape index (κ3) is 7.82. The van der Waals surface area contributed by atoms with Crippen molar-refractivity contribution < 1.29 is 14.6 Å². The van der Waals surface area contributed by atoms with Gasteiger partial charge in [-0.3, -0.25) is 4.90 Å². The maximum atomic E-state index is 9.82. The number of nitrogens with zero attached hydrogens (tertiary/aromatic N) is 2. The summed E-state index contributed by atoms with van der Waals surface area (Å²) < 4.78 is 11.5. The van der Waals surface area contributed by atoms with Crippen LogP contribution in [0.5, 0.6) is 5.75 Å². The van der Waals surface area contributed by atoms with E-state index in [-0.39, 0.29) is 12.5 Å². The average Bonchev–Trinajstić information content (AvgIpc) is 2.85. The van der Waals surface area contributed by atoms with Gasteiger partial charge in [0.05, 0.1) is 26.4 Å². The number of hydrogen-bond donors (Lipinski definition) is 3. The van der Waals surface area contributed by atoms with Gasteiger partial charge in [-0.1, -0.05) is 48.5 Å². The molecule has 0 spiro atoms. The zero-order chi connectivity index (χ0) is 22.4. The topological polar surface area (TPSA) is 78.4 Å². The Labute approximate surface area is 191 Å². The van der Waals surface area contributed by atoms with Gasteiger partial charge in [-0.2, -0.15) is 0 Å². The number of rotatable bonds is 11. The molecule has 7 heteroatoms. The van der Waals surface area contributed by atoms with E-state index < -0.39 is 0 Å². The van der Waals surface area contributed by atoms with Crippen molar-refractivity contribution in [3.05, 3.63) is 65.7 Å². The second kappa shape index (κ2) is 13.7. The quantitative estimate of drug-likeness (QED) is 0.367. The third-order valence-corrected chi connectivity index (χ3v) is 5.50. The van der Waals surface area contributed by atoms with E-state index in [2.05, 4.69) is 21.6 Å². The predicted molar refractivity (Wildman–Crippen MR) is 128 cm³/mol. The highest BCUT2D eigenvalue weighted by Gasteiger charge is 2.12. The smallest absolute Gasteiger partial charge is 0.191 e. The van der Waals surface area contributed by atoms with Gasteiger partial charge in [-0.25, -0.2) is 4.99 Å². The number of nitrogens with one attached hydrogen (secondary N) is 2. The summed E-state index contributed by atoms with van der Waals surface area (Å²) in [5, 5.41) is 16.5. The molecule has 0 radical (unpaired) electrons. The molecule has 3 N–H and O–H groups in total. The van der Waals surface area contributed by atoms with Gasteiger partial charge in [0, 0.05) is 44.2 Å². The van der Waals surface area contributed by atoms with Crippen LogP contribution >= 0.6 is 0 Å². The van der Waals surface area contributed by atoms with Gasteiger partial charge in [0.1, 0.15) is 12.4 Å². The Balaban J connectivity index is 1.55. The SMILES string of the molecule is CCNC(=NCc1ccccc1OCCN1CCOCC1)NCC(CO)c1ccccc1. The van der Waals surface area contributed by atoms with Gasteiger partial charge in [0.2, 0.25) is 0 Å². The van der Waals surface area contributed by atoms with E-state index in [9.17, 15) is 5.11 Å². The zero-order valence-electron chi connectivity index (χ0n) is 19.0. The van der Waals surface area contributed by atoms with Gasteiger partial charge in [-0.15, -0.1) is 0 Å². The minimum atomic E-state index is 0.0101. The molecule has 1 aliphatic heterocycles. The van der Waals surface area contributed by atoms with E-state index in [0.29, 0.717) is 19.7 Å². The molecular formula is C25H36N4O3. The molecule has 1 fully saturated rings.